The van der Waals surface area contributed by atoms with Crippen LogP contribution in [0.3, 0.4) is 0 Å². The first-order valence-corrected chi connectivity index (χ1v) is 10.7. The van der Waals surface area contributed by atoms with Gasteiger partial charge in [-0.05, 0) is 42.0 Å². The predicted octanol–water partition coefficient (Wildman–Crippen LogP) is 3.76. The Hall–Kier alpha value is -4.33. The molecule has 1 atom stereocenters. The summed E-state index contributed by atoms with van der Waals surface area (Å²) in [6.07, 6.45) is -0.223. The van der Waals surface area contributed by atoms with Crippen LogP contribution < -0.4 is 10.2 Å². The van der Waals surface area contributed by atoms with Crippen molar-refractivity contribution in [1.82, 2.24) is 4.90 Å². The molecule has 3 aromatic rings. The monoisotopic (exact) mass is 459 g/mol. The SMILES string of the molecule is CC(=O)Nc1ccc(N2C(=O)CC(N(Cc3ccccc3)C(=O)c3ccccc3F)C2=O)cc1. The summed E-state index contributed by atoms with van der Waals surface area (Å²) in [5.41, 5.74) is 1.42. The van der Waals surface area contributed by atoms with Crippen molar-refractivity contribution in [3.05, 3.63) is 95.8 Å². The maximum Gasteiger partial charge on any atom is 0.257 e. The third-order valence-corrected chi connectivity index (χ3v) is 5.51. The van der Waals surface area contributed by atoms with Crippen molar-refractivity contribution < 1.29 is 23.6 Å². The number of nitrogens with one attached hydrogen (secondary N) is 1. The van der Waals surface area contributed by atoms with E-state index in [9.17, 15) is 23.6 Å². The molecule has 1 saturated heterocycles. The molecule has 0 aliphatic carbocycles. The van der Waals surface area contributed by atoms with Crippen LogP contribution in [0.25, 0.3) is 0 Å². The van der Waals surface area contributed by atoms with Gasteiger partial charge in [0.1, 0.15) is 11.9 Å². The van der Waals surface area contributed by atoms with E-state index in [2.05, 4.69) is 5.32 Å². The molecule has 0 bridgehead atoms. The molecule has 1 aliphatic heterocycles. The number of rotatable bonds is 6. The summed E-state index contributed by atoms with van der Waals surface area (Å²) >= 11 is 0. The molecule has 0 saturated carbocycles. The van der Waals surface area contributed by atoms with Crippen LogP contribution in [-0.2, 0) is 20.9 Å². The molecule has 1 N–H and O–H groups in total. The molecule has 172 valence electrons. The fraction of sp³-hybridized carbons (Fsp3) is 0.154. The quantitative estimate of drug-likeness (QED) is 0.569. The van der Waals surface area contributed by atoms with E-state index in [1.54, 1.807) is 54.6 Å². The molecule has 7 nitrogen and oxygen atoms in total. The number of carbonyl (C=O) groups excluding carboxylic acids is 4. The van der Waals surface area contributed by atoms with Gasteiger partial charge in [0.2, 0.25) is 11.8 Å². The first kappa shape index (κ1) is 22.8. The standard InChI is InChI=1S/C26H22FN3O4/c1-17(31)28-19-11-13-20(14-12-19)30-24(32)15-23(26(30)34)29(16-18-7-3-2-4-8-18)25(33)21-9-5-6-10-22(21)27/h2-14,23H,15-16H2,1H3,(H,28,31). The molecule has 1 aliphatic rings. The second-order valence-electron chi connectivity index (χ2n) is 7.91. The van der Waals surface area contributed by atoms with Crippen LogP contribution in [-0.4, -0.2) is 34.6 Å². The third-order valence-electron chi connectivity index (χ3n) is 5.51. The van der Waals surface area contributed by atoms with E-state index in [1.165, 1.54) is 30.0 Å². The Balaban J connectivity index is 1.65. The van der Waals surface area contributed by atoms with Crippen molar-refractivity contribution in [1.29, 1.82) is 0 Å². The van der Waals surface area contributed by atoms with Crippen LogP contribution in [0.5, 0.6) is 0 Å². The lowest BCUT2D eigenvalue weighted by Crippen LogP contribution is -2.45. The van der Waals surface area contributed by atoms with Gasteiger partial charge in [-0.25, -0.2) is 9.29 Å². The van der Waals surface area contributed by atoms with Gasteiger partial charge in [0.25, 0.3) is 11.8 Å². The highest BCUT2D eigenvalue weighted by Gasteiger charge is 2.44. The van der Waals surface area contributed by atoms with Gasteiger partial charge in [0.15, 0.2) is 0 Å². The zero-order chi connectivity index (χ0) is 24.2. The summed E-state index contributed by atoms with van der Waals surface area (Å²) in [6, 6.07) is 19.7. The van der Waals surface area contributed by atoms with Crippen LogP contribution in [0.2, 0.25) is 0 Å². The second-order valence-corrected chi connectivity index (χ2v) is 7.91. The largest absolute Gasteiger partial charge is 0.326 e. The summed E-state index contributed by atoms with van der Waals surface area (Å²) in [5, 5.41) is 2.62. The zero-order valence-electron chi connectivity index (χ0n) is 18.4. The average Bonchev–Trinajstić information content (AvgIpc) is 3.12. The fourth-order valence-electron chi connectivity index (χ4n) is 3.92. The van der Waals surface area contributed by atoms with E-state index in [4.69, 9.17) is 0 Å². The summed E-state index contributed by atoms with van der Waals surface area (Å²) < 4.78 is 14.4. The highest BCUT2D eigenvalue weighted by atomic mass is 19.1. The van der Waals surface area contributed by atoms with Crippen LogP contribution in [0.1, 0.15) is 29.3 Å². The normalized spacial score (nSPS) is 15.4. The lowest BCUT2D eigenvalue weighted by atomic mass is 10.1. The molecule has 1 fully saturated rings. The Labute approximate surface area is 195 Å². The first-order chi connectivity index (χ1) is 16.3. The summed E-state index contributed by atoms with van der Waals surface area (Å²) in [7, 11) is 0. The van der Waals surface area contributed by atoms with Crippen molar-refractivity contribution in [3.8, 4) is 0 Å². The van der Waals surface area contributed by atoms with E-state index >= 15 is 0 Å². The smallest absolute Gasteiger partial charge is 0.257 e. The minimum Gasteiger partial charge on any atom is -0.326 e. The van der Waals surface area contributed by atoms with Crippen LogP contribution >= 0.6 is 0 Å². The summed E-state index contributed by atoms with van der Waals surface area (Å²) in [4.78, 5) is 53.1. The third kappa shape index (κ3) is 4.71. The van der Waals surface area contributed by atoms with Crippen molar-refractivity contribution >= 4 is 35.0 Å². The number of carbonyl (C=O) groups is 4. The molecular formula is C26H22FN3O4. The van der Waals surface area contributed by atoms with Crippen LogP contribution in [0.15, 0.2) is 78.9 Å². The molecule has 0 spiro atoms. The van der Waals surface area contributed by atoms with Crippen molar-refractivity contribution in [2.24, 2.45) is 0 Å². The van der Waals surface area contributed by atoms with Gasteiger partial charge in [-0.1, -0.05) is 42.5 Å². The van der Waals surface area contributed by atoms with Crippen LogP contribution in [0, 0.1) is 5.82 Å². The Morgan fingerprint density at radius 2 is 1.62 bits per heavy atom. The molecule has 1 heterocycles. The highest BCUT2D eigenvalue weighted by Crippen LogP contribution is 2.29. The van der Waals surface area contributed by atoms with Crippen molar-refractivity contribution in [2.45, 2.75) is 25.9 Å². The lowest BCUT2D eigenvalue weighted by Gasteiger charge is -2.28. The molecule has 4 amide bonds. The molecule has 0 radical (unpaired) electrons. The summed E-state index contributed by atoms with van der Waals surface area (Å²) in [6.45, 7) is 1.41. The number of hydrogen-bond acceptors (Lipinski definition) is 4. The Morgan fingerprint density at radius 3 is 2.26 bits per heavy atom. The van der Waals surface area contributed by atoms with E-state index in [-0.39, 0.29) is 24.4 Å². The van der Waals surface area contributed by atoms with Gasteiger partial charge in [0, 0.05) is 19.2 Å². The Morgan fingerprint density at radius 1 is 0.971 bits per heavy atom. The van der Waals surface area contributed by atoms with Gasteiger partial charge < -0.3 is 10.2 Å². The molecule has 0 aromatic heterocycles. The maximum absolute atomic E-state index is 14.4. The van der Waals surface area contributed by atoms with Crippen molar-refractivity contribution in [2.75, 3.05) is 10.2 Å². The molecule has 8 heteroatoms. The molecule has 4 rings (SSSR count). The average molecular weight is 459 g/mol. The predicted molar refractivity (Wildman–Crippen MR) is 124 cm³/mol. The minimum atomic E-state index is -1.09. The van der Waals surface area contributed by atoms with E-state index < -0.39 is 29.6 Å². The second kappa shape index (κ2) is 9.66. The minimum absolute atomic E-state index is 0.0347. The maximum atomic E-state index is 14.4. The number of amides is 4. The van der Waals surface area contributed by atoms with E-state index in [0.29, 0.717) is 11.4 Å². The van der Waals surface area contributed by atoms with Gasteiger partial charge in [-0.15, -0.1) is 0 Å². The number of benzene rings is 3. The molecular weight excluding hydrogens is 437 g/mol. The molecule has 34 heavy (non-hydrogen) atoms. The number of anilines is 2. The Kier molecular flexibility index (Phi) is 6.49. The number of nitrogens with zero attached hydrogens (tertiary/aromatic N) is 2. The van der Waals surface area contributed by atoms with Gasteiger partial charge in [0.05, 0.1) is 17.7 Å². The van der Waals surface area contributed by atoms with Gasteiger partial charge >= 0.3 is 0 Å². The van der Waals surface area contributed by atoms with Crippen molar-refractivity contribution in [3.63, 3.8) is 0 Å². The number of hydrogen-bond donors (Lipinski definition) is 1. The Bertz CT molecular complexity index is 1240. The first-order valence-electron chi connectivity index (χ1n) is 10.7. The zero-order valence-corrected chi connectivity index (χ0v) is 18.4. The molecule has 1 unspecified atom stereocenters. The topological polar surface area (TPSA) is 86.8 Å². The summed E-state index contributed by atoms with van der Waals surface area (Å²) in [5.74, 6) is -2.66. The lowest BCUT2D eigenvalue weighted by molar-refractivity contribution is -0.122. The number of halogens is 1. The van der Waals surface area contributed by atoms with Crippen LogP contribution in [0.4, 0.5) is 15.8 Å². The van der Waals surface area contributed by atoms with E-state index in [1.807, 2.05) is 6.07 Å². The molecule has 3 aromatic carbocycles. The highest BCUT2D eigenvalue weighted by molar-refractivity contribution is 6.23. The van der Waals surface area contributed by atoms with Gasteiger partial charge in [-0.2, -0.15) is 0 Å². The van der Waals surface area contributed by atoms with Gasteiger partial charge in [-0.3, -0.25) is 19.2 Å². The fourth-order valence-corrected chi connectivity index (χ4v) is 3.92. The van der Waals surface area contributed by atoms with E-state index in [0.717, 1.165) is 10.5 Å². The number of imide groups is 1.